The van der Waals surface area contributed by atoms with Gasteiger partial charge in [-0.25, -0.2) is 0 Å². The highest BCUT2D eigenvalue weighted by Gasteiger charge is 2.36. The van der Waals surface area contributed by atoms with Crippen LogP contribution in [0.4, 0.5) is 4.79 Å². The van der Waals surface area contributed by atoms with E-state index in [9.17, 15) is 14.4 Å². The number of halogens is 1. The third-order valence-corrected chi connectivity index (χ3v) is 6.38. The van der Waals surface area contributed by atoms with E-state index in [0.717, 1.165) is 36.7 Å². The highest BCUT2D eigenvalue weighted by molar-refractivity contribution is 14.1. The number of fused-ring (bicyclic) bond motifs is 1. The molecule has 3 aromatic rings. The molecule has 1 N–H and O–H groups in total. The second-order valence-corrected chi connectivity index (χ2v) is 8.98. The lowest BCUT2D eigenvalue weighted by Crippen LogP contribution is -2.33. The van der Waals surface area contributed by atoms with E-state index in [1.165, 1.54) is 5.39 Å². The number of rotatable bonds is 6. The van der Waals surface area contributed by atoms with Crippen LogP contribution in [0.25, 0.3) is 16.8 Å². The number of carboxylic acid groups (broad SMARTS) is 1. The molecule has 156 valence electrons. The lowest BCUT2D eigenvalue weighted by molar-refractivity contribution is -0.140. The van der Waals surface area contributed by atoms with Crippen molar-refractivity contribution in [3.8, 4) is 5.75 Å². The van der Waals surface area contributed by atoms with Gasteiger partial charge in [0.2, 0.25) is 0 Å². The fraction of sp³-hybridized carbons (Fsp3) is 0.0870. The van der Waals surface area contributed by atoms with Crippen molar-refractivity contribution in [3.05, 3.63) is 80.3 Å². The van der Waals surface area contributed by atoms with Crippen molar-refractivity contribution >= 4 is 68.3 Å². The van der Waals surface area contributed by atoms with E-state index < -0.39 is 23.7 Å². The molecule has 1 aliphatic rings. The molecule has 31 heavy (non-hydrogen) atoms. The quantitative estimate of drug-likeness (QED) is 0.341. The standard InChI is InChI=1S/C23H16INO5S/c24-18-10-14(11-20-22(28)25(12-21(26)27)23(29)31-20)6-8-19(18)30-13-15-5-7-16-3-1-2-4-17(16)9-15/h1-11H,12-13H2,(H,26,27)/b20-11+. The summed E-state index contributed by atoms with van der Waals surface area (Å²) >= 11 is 2.90. The van der Waals surface area contributed by atoms with E-state index in [1.807, 2.05) is 30.3 Å². The first kappa shape index (κ1) is 21.4. The van der Waals surface area contributed by atoms with E-state index >= 15 is 0 Å². The number of hydrogen-bond acceptors (Lipinski definition) is 5. The Hall–Kier alpha value is -2.85. The number of aliphatic carboxylic acids is 1. The topological polar surface area (TPSA) is 83.9 Å². The normalized spacial score (nSPS) is 15.1. The summed E-state index contributed by atoms with van der Waals surface area (Å²) in [7, 11) is 0. The fourth-order valence-electron chi connectivity index (χ4n) is 3.14. The van der Waals surface area contributed by atoms with Crippen molar-refractivity contribution in [3.63, 3.8) is 0 Å². The second-order valence-electron chi connectivity index (χ2n) is 6.82. The Morgan fingerprint density at radius 3 is 2.58 bits per heavy atom. The molecule has 6 nitrogen and oxygen atoms in total. The van der Waals surface area contributed by atoms with Crippen molar-refractivity contribution in [2.24, 2.45) is 0 Å². The average molecular weight is 545 g/mol. The Kier molecular flexibility index (Phi) is 6.28. The maximum absolute atomic E-state index is 12.3. The van der Waals surface area contributed by atoms with Crippen LogP contribution in [0.2, 0.25) is 0 Å². The molecular formula is C23H16INO5S. The van der Waals surface area contributed by atoms with Gasteiger partial charge in [-0.2, -0.15) is 0 Å². The van der Waals surface area contributed by atoms with Crippen molar-refractivity contribution in [2.75, 3.05) is 6.54 Å². The maximum atomic E-state index is 12.3. The van der Waals surface area contributed by atoms with Crippen molar-refractivity contribution < 1.29 is 24.2 Å². The maximum Gasteiger partial charge on any atom is 0.323 e. The van der Waals surface area contributed by atoms with E-state index in [0.29, 0.717) is 12.4 Å². The molecule has 1 saturated heterocycles. The Morgan fingerprint density at radius 1 is 1.06 bits per heavy atom. The first-order chi connectivity index (χ1) is 14.9. The summed E-state index contributed by atoms with van der Waals surface area (Å²) in [5.74, 6) is -1.11. The lowest BCUT2D eigenvalue weighted by Gasteiger charge is -2.10. The van der Waals surface area contributed by atoms with Gasteiger partial charge < -0.3 is 9.84 Å². The highest BCUT2D eigenvalue weighted by atomic mass is 127. The molecule has 1 fully saturated rings. The first-order valence-electron chi connectivity index (χ1n) is 9.28. The zero-order chi connectivity index (χ0) is 22.0. The van der Waals surface area contributed by atoms with E-state index in [4.69, 9.17) is 9.84 Å². The predicted octanol–water partition coefficient (Wildman–Crippen LogP) is 5.14. The van der Waals surface area contributed by atoms with Crippen molar-refractivity contribution in [2.45, 2.75) is 6.61 Å². The molecule has 3 aromatic carbocycles. The summed E-state index contributed by atoms with van der Waals surface area (Å²) in [6.45, 7) is -0.213. The third kappa shape index (κ3) is 4.91. The SMILES string of the molecule is O=C(O)CN1C(=O)S/C(=C/c2ccc(OCc3ccc4ccccc4c3)c(I)c2)C1=O. The van der Waals surface area contributed by atoms with Crippen LogP contribution in [-0.4, -0.2) is 33.7 Å². The number of ether oxygens (including phenoxy) is 1. The van der Waals surface area contributed by atoms with Gasteiger partial charge >= 0.3 is 5.97 Å². The van der Waals surface area contributed by atoms with Gasteiger partial charge in [0, 0.05) is 0 Å². The highest BCUT2D eigenvalue weighted by Crippen LogP contribution is 2.33. The number of amides is 2. The van der Waals surface area contributed by atoms with Gasteiger partial charge in [0.25, 0.3) is 11.1 Å². The Labute approximate surface area is 196 Å². The molecule has 8 heteroatoms. The number of thioether (sulfide) groups is 1. The van der Waals surface area contributed by atoms with Crippen LogP contribution in [-0.2, 0) is 16.2 Å². The van der Waals surface area contributed by atoms with Gasteiger partial charge in [0.15, 0.2) is 0 Å². The molecule has 0 bridgehead atoms. The van der Waals surface area contributed by atoms with E-state index in [-0.39, 0.29) is 4.91 Å². The number of benzene rings is 3. The zero-order valence-electron chi connectivity index (χ0n) is 16.1. The molecule has 4 rings (SSSR count). The number of imide groups is 1. The zero-order valence-corrected chi connectivity index (χ0v) is 19.1. The summed E-state index contributed by atoms with van der Waals surface area (Å²) in [5, 5.41) is 10.6. The number of carboxylic acids is 1. The molecular weight excluding hydrogens is 529 g/mol. The first-order valence-corrected chi connectivity index (χ1v) is 11.2. The van der Waals surface area contributed by atoms with Gasteiger partial charge in [0.05, 0.1) is 8.48 Å². The summed E-state index contributed by atoms with van der Waals surface area (Å²) in [6, 6.07) is 19.8. The van der Waals surface area contributed by atoms with Gasteiger partial charge in [-0.3, -0.25) is 19.3 Å². The van der Waals surface area contributed by atoms with E-state index in [1.54, 1.807) is 12.1 Å². The van der Waals surface area contributed by atoms with Crippen LogP contribution >= 0.6 is 34.4 Å². The summed E-state index contributed by atoms with van der Waals surface area (Å²) in [6.07, 6.45) is 1.59. The lowest BCUT2D eigenvalue weighted by atomic mass is 10.1. The predicted molar refractivity (Wildman–Crippen MR) is 128 cm³/mol. The van der Waals surface area contributed by atoms with Gasteiger partial charge in [-0.05, 0) is 80.5 Å². The van der Waals surface area contributed by atoms with Crippen LogP contribution < -0.4 is 4.74 Å². The fourth-order valence-corrected chi connectivity index (χ4v) is 4.67. The molecule has 0 unspecified atom stereocenters. The van der Waals surface area contributed by atoms with Crippen LogP contribution in [0, 0.1) is 3.57 Å². The van der Waals surface area contributed by atoms with Crippen LogP contribution in [0.3, 0.4) is 0 Å². The monoisotopic (exact) mass is 545 g/mol. The number of hydrogen-bond donors (Lipinski definition) is 1. The second kappa shape index (κ2) is 9.11. The minimum absolute atomic E-state index is 0.201. The van der Waals surface area contributed by atoms with Crippen LogP contribution in [0.5, 0.6) is 5.75 Å². The van der Waals surface area contributed by atoms with Gasteiger partial charge in [0.1, 0.15) is 18.9 Å². The number of nitrogens with zero attached hydrogens (tertiary/aromatic N) is 1. The molecule has 0 aliphatic carbocycles. The Morgan fingerprint density at radius 2 is 1.84 bits per heavy atom. The van der Waals surface area contributed by atoms with Crippen LogP contribution in [0.15, 0.2) is 65.6 Å². The van der Waals surface area contributed by atoms with Gasteiger partial charge in [-0.15, -0.1) is 0 Å². The summed E-state index contributed by atoms with van der Waals surface area (Å²) < 4.78 is 6.83. The van der Waals surface area contributed by atoms with Crippen molar-refractivity contribution in [1.29, 1.82) is 0 Å². The smallest absolute Gasteiger partial charge is 0.323 e. The number of carbonyl (C=O) groups is 3. The minimum atomic E-state index is -1.23. The van der Waals surface area contributed by atoms with Crippen molar-refractivity contribution in [1.82, 2.24) is 4.90 Å². The molecule has 0 atom stereocenters. The molecule has 0 saturated carbocycles. The molecule has 0 aromatic heterocycles. The average Bonchev–Trinajstić information content (AvgIpc) is 3.00. The Balaban J connectivity index is 1.46. The van der Waals surface area contributed by atoms with Gasteiger partial charge in [-0.1, -0.05) is 42.5 Å². The minimum Gasteiger partial charge on any atom is -0.488 e. The largest absolute Gasteiger partial charge is 0.488 e. The molecule has 0 radical (unpaired) electrons. The number of carbonyl (C=O) groups excluding carboxylic acids is 2. The van der Waals surface area contributed by atoms with Crippen LogP contribution in [0.1, 0.15) is 11.1 Å². The Bertz CT molecular complexity index is 1240. The van der Waals surface area contributed by atoms with E-state index in [2.05, 4.69) is 46.9 Å². The molecule has 2 amide bonds. The molecule has 0 spiro atoms. The molecule has 1 heterocycles. The summed E-state index contributed by atoms with van der Waals surface area (Å²) in [5.41, 5.74) is 1.79. The third-order valence-electron chi connectivity index (χ3n) is 4.63. The molecule has 1 aliphatic heterocycles. The summed E-state index contributed by atoms with van der Waals surface area (Å²) in [4.78, 5) is 35.9.